The minimum atomic E-state index is -0.249. The Balaban J connectivity index is 1.48. The van der Waals surface area contributed by atoms with Crippen molar-refractivity contribution in [2.75, 3.05) is 6.54 Å². The number of carbonyl (C=O) groups excluding carboxylic acids is 1. The molecule has 156 valence electrons. The van der Waals surface area contributed by atoms with Crippen LogP contribution in [0.2, 0.25) is 0 Å². The van der Waals surface area contributed by atoms with E-state index >= 15 is 0 Å². The Morgan fingerprint density at radius 2 is 1.58 bits per heavy atom. The maximum Gasteiger partial charge on any atom is 0.251 e. The lowest BCUT2D eigenvalue weighted by Gasteiger charge is -2.11. The number of hydrogen-bond donors (Lipinski definition) is 1. The van der Waals surface area contributed by atoms with Crippen LogP contribution in [0.15, 0.2) is 90.1 Å². The zero-order valence-corrected chi connectivity index (χ0v) is 17.6. The number of rotatable bonds is 8. The lowest BCUT2D eigenvalue weighted by Crippen LogP contribution is -2.26. The molecule has 3 aromatic carbocycles. The molecule has 0 saturated heterocycles. The maximum absolute atomic E-state index is 13.2. The molecule has 4 rings (SSSR count). The number of hydrogen-bond acceptors (Lipinski definition) is 4. The topological polar surface area (TPSA) is 59.8 Å². The quantitative estimate of drug-likeness (QED) is 0.411. The predicted octanol–water partition coefficient (Wildman–Crippen LogP) is 4.67. The Morgan fingerprint density at radius 1 is 0.903 bits per heavy atom. The summed E-state index contributed by atoms with van der Waals surface area (Å²) in [7, 11) is 0. The fourth-order valence-corrected chi connectivity index (χ4v) is 4.03. The summed E-state index contributed by atoms with van der Waals surface area (Å²) in [5, 5.41) is 12.4. The van der Waals surface area contributed by atoms with E-state index < -0.39 is 0 Å². The van der Waals surface area contributed by atoms with Crippen LogP contribution in [0.25, 0.3) is 5.69 Å². The van der Waals surface area contributed by atoms with E-state index in [-0.39, 0.29) is 11.7 Å². The number of amides is 1. The van der Waals surface area contributed by atoms with E-state index in [1.54, 1.807) is 24.3 Å². The highest BCUT2D eigenvalue weighted by Gasteiger charge is 2.15. The molecule has 0 fully saturated rings. The molecular formula is C24H21FN4OS. The second-order valence-corrected chi connectivity index (χ2v) is 7.80. The van der Waals surface area contributed by atoms with Crippen molar-refractivity contribution in [3.8, 4) is 5.69 Å². The third-order valence-electron chi connectivity index (χ3n) is 4.67. The van der Waals surface area contributed by atoms with Gasteiger partial charge in [-0.05, 0) is 42.0 Å². The van der Waals surface area contributed by atoms with Crippen LogP contribution >= 0.6 is 11.8 Å². The van der Waals surface area contributed by atoms with Gasteiger partial charge in [0.25, 0.3) is 5.91 Å². The Kier molecular flexibility index (Phi) is 6.74. The summed E-state index contributed by atoms with van der Waals surface area (Å²) in [5.74, 6) is 1.05. The molecule has 7 heteroatoms. The lowest BCUT2D eigenvalue weighted by molar-refractivity contribution is 0.0954. The number of nitrogens with zero attached hydrogens (tertiary/aromatic N) is 3. The molecule has 1 N–H and O–H groups in total. The molecule has 0 radical (unpaired) electrons. The number of aromatic nitrogens is 3. The van der Waals surface area contributed by atoms with E-state index in [9.17, 15) is 9.18 Å². The van der Waals surface area contributed by atoms with Gasteiger partial charge in [-0.25, -0.2) is 4.39 Å². The van der Waals surface area contributed by atoms with Crippen LogP contribution in [0, 0.1) is 5.82 Å². The molecule has 0 aliphatic carbocycles. The largest absolute Gasteiger partial charge is 0.352 e. The molecule has 0 unspecified atom stereocenters. The minimum Gasteiger partial charge on any atom is -0.352 e. The fourth-order valence-electron chi connectivity index (χ4n) is 3.10. The van der Waals surface area contributed by atoms with Crippen molar-refractivity contribution in [2.45, 2.75) is 17.3 Å². The first kappa shape index (κ1) is 20.8. The number of carbonyl (C=O) groups is 1. The number of para-hydroxylation sites is 1. The molecule has 0 bridgehead atoms. The number of thioether (sulfide) groups is 1. The van der Waals surface area contributed by atoms with Gasteiger partial charge < -0.3 is 5.32 Å². The third-order valence-corrected chi connectivity index (χ3v) is 5.67. The van der Waals surface area contributed by atoms with Crippen LogP contribution < -0.4 is 5.32 Å². The van der Waals surface area contributed by atoms with Gasteiger partial charge in [-0.15, -0.1) is 10.2 Å². The molecule has 4 aromatic rings. The van der Waals surface area contributed by atoms with Gasteiger partial charge in [0, 0.05) is 30.0 Å². The van der Waals surface area contributed by atoms with Crippen molar-refractivity contribution >= 4 is 17.7 Å². The van der Waals surface area contributed by atoms with Crippen molar-refractivity contribution in [1.82, 2.24) is 20.1 Å². The molecule has 0 spiro atoms. The first-order valence-electron chi connectivity index (χ1n) is 9.91. The van der Waals surface area contributed by atoms with Crippen molar-refractivity contribution in [3.63, 3.8) is 0 Å². The van der Waals surface area contributed by atoms with Gasteiger partial charge in [0.15, 0.2) is 5.16 Å². The van der Waals surface area contributed by atoms with Gasteiger partial charge in [-0.1, -0.05) is 60.3 Å². The smallest absolute Gasteiger partial charge is 0.251 e. The van der Waals surface area contributed by atoms with E-state index in [0.717, 1.165) is 22.2 Å². The molecule has 0 aliphatic rings. The van der Waals surface area contributed by atoms with Crippen LogP contribution in [0.4, 0.5) is 4.39 Å². The Bertz CT molecular complexity index is 1130. The van der Waals surface area contributed by atoms with Crippen LogP contribution in [0.3, 0.4) is 0 Å². The fraction of sp³-hybridized carbons (Fsp3) is 0.125. The van der Waals surface area contributed by atoms with Gasteiger partial charge in [0.1, 0.15) is 11.6 Å². The van der Waals surface area contributed by atoms with E-state index in [1.807, 2.05) is 53.1 Å². The third kappa shape index (κ3) is 5.38. The van der Waals surface area contributed by atoms with E-state index in [2.05, 4.69) is 15.5 Å². The molecular weight excluding hydrogens is 411 g/mol. The average Bonchev–Trinajstić information content (AvgIpc) is 3.22. The number of nitrogens with one attached hydrogen (secondary N) is 1. The van der Waals surface area contributed by atoms with Gasteiger partial charge in [0.2, 0.25) is 0 Å². The highest BCUT2D eigenvalue weighted by Crippen LogP contribution is 2.25. The SMILES string of the molecule is O=C(NCCc1nnc(SCc2ccc(F)cc2)n1-c1ccccc1)c1ccccc1. The van der Waals surface area contributed by atoms with Crippen LogP contribution in [0.1, 0.15) is 21.7 Å². The molecule has 0 saturated carbocycles. The van der Waals surface area contributed by atoms with Gasteiger partial charge in [-0.3, -0.25) is 9.36 Å². The van der Waals surface area contributed by atoms with Crippen molar-refractivity contribution in [3.05, 3.63) is 108 Å². The molecule has 0 atom stereocenters. The first-order valence-corrected chi connectivity index (χ1v) is 10.9. The van der Waals surface area contributed by atoms with Gasteiger partial charge in [0.05, 0.1) is 0 Å². The summed E-state index contributed by atoms with van der Waals surface area (Å²) >= 11 is 1.54. The average molecular weight is 433 g/mol. The number of halogens is 1. The summed E-state index contributed by atoms with van der Waals surface area (Å²) in [6, 6.07) is 25.5. The summed E-state index contributed by atoms with van der Waals surface area (Å²) in [6.45, 7) is 0.446. The van der Waals surface area contributed by atoms with Crippen molar-refractivity contribution in [1.29, 1.82) is 0 Å². The highest BCUT2D eigenvalue weighted by atomic mass is 32.2. The summed E-state index contributed by atoms with van der Waals surface area (Å²) in [6.07, 6.45) is 0.539. The Hall–Kier alpha value is -3.45. The molecule has 1 heterocycles. The minimum absolute atomic E-state index is 0.114. The lowest BCUT2D eigenvalue weighted by atomic mass is 10.2. The van der Waals surface area contributed by atoms with Gasteiger partial charge >= 0.3 is 0 Å². The van der Waals surface area contributed by atoms with Crippen molar-refractivity contribution in [2.24, 2.45) is 0 Å². The standard InChI is InChI=1S/C24H21FN4OS/c25-20-13-11-18(12-14-20)17-31-24-28-27-22(29(24)21-9-5-2-6-10-21)15-16-26-23(30)19-7-3-1-4-8-19/h1-14H,15-17H2,(H,26,30). The van der Waals surface area contributed by atoms with Crippen LogP contribution in [-0.4, -0.2) is 27.2 Å². The van der Waals surface area contributed by atoms with Crippen LogP contribution in [0.5, 0.6) is 0 Å². The van der Waals surface area contributed by atoms with Gasteiger partial charge in [-0.2, -0.15) is 0 Å². The Morgan fingerprint density at radius 3 is 2.29 bits per heavy atom. The normalized spacial score (nSPS) is 10.7. The molecule has 1 amide bonds. The van der Waals surface area contributed by atoms with Crippen molar-refractivity contribution < 1.29 is 9.18 Å². The van der Waals surface area contributed by atoms with Crippen LogP contribution in [-0.2, 0) is 12.2 Å². The molecule has 1 aromatic heterocycles. The monoisotopic (exact) mass is 432 g/mol. The maximum atomic E-state index is 13.2. The summed E-state index contributed by atoms with van der Waals surface area (Å²) in [4.78, 5) is 12.3. The molecule has 5 nitrogen and oxygen atoms in total. The number of benzene rings is 3. The highest BCUT2D eigenvalue weighted by molar-refractivity contribution is 7.98. The predicted molar refractivity (Wildman–Crippen MR) is 120 cm³/mol. The molecule has 0 aliphatic heterocycles. The first-order chi connectivity index (χ1) is 15.2. The zero-order chi connectivity index (χ0) is 21.5. The zero-order valence-electron chi connectivity index (χ0n) is 16.7. The second-order valence-electron chi connectivity index (χ2n) is 6.86. The summed E-state index contributed by atoms with van der Waals surface area (Å²) in [5.41, 5.74) is 2.59. The summed E-state index contributed by atoms with van der Waals surface area (Å²) < 4.78 is 15.2. The van der Waals surface area contributed by atoms with E-state index in [4.69, 9.17) is 0 Å². The Labute approximate surface area is 184 Å². The van der Waals surface area contributed by atoms with E-state index in [0.29, 0.717) is 24.3 Å². The molecule has 31 heavy (non-hydrogen) atoms. The van der Waals surface area contributed by atoms with E-state index in [1.165, 1.54) is 23.9 Å². The second kappa shape index (κ2) is 10.0.